The molecule has 3 nitrogen and oxygen atoms in total. The van der Waals surface area contributed by atoms with Gasteiger partial charge < -0.3 is 10.6 Å². The van der Waals surface area contributed by atoms with Crippen molar-refractivity contribution in [3.05, 3.63) is 29.8 Å². The third kappa shape index (κ3) is 4.97. The van der Waals surface area contributed by atoms with Crippen LogP contribution in [0, 0.1) is 5.92 Å². The smallest absolute Gasteiger partial charge is 0.224 e. The standard InChI is InChI=1S/C17H26N2O/c1-2-18-13-15-8-10-16(11-9-15)19-17(20)12-14-6-4-3-5-7-14/h8-11,14,18H,2-7,12-13H2,1H3,(H,19,20). The number of carbonyl (C=O) groups is 1. The van der Waals surface area contributed by atoms with Crippen LogP contribution in [0.25, 0.3) is 0 Å². The van der Waals surface area contributed by atoms with Gasteiger partial charge in [0.05, 0.1) is 0 Å². The van der Waals surface area contributed by atoms with Gasteiger partial charge in [0, 0.05) is 18.7 Å². The maximum Gasteiger partial charge on any atom is 0.224 e. The number of carbonyl (C=O) groups excluding carboxylic acids is 1. The minimum absolute atomic E-state index is 0.163. The lowest BCUT2D eigenvalue weighted by Crippen LogP contribution is -2.18. The predicted octanol–water partition coefficient (Wildman–Crippen LogP) is 3.71. The Morgan fingerprint density at radius 3 is 2.50 bits per heavy atom. The predicted molar refractivity (Wildman–Crippen MR) is 83.6 cm³/mol. The topological polar surface area (TPSA) is 41.1 Å². The molecule has 1 aromatic rings. The highest BCUT2D eigenvalue weighted by Crippen LogP contribution is 2.26. The van der Waals surface area contributed by atoms with E-state index in [0.717, 1.165) is 18.8 Å². The summed E-state index contributed by atoms with van der Waals surface area (Å²) in [7, 11) is 0. The second kappa shape index (κ2) is 8.05. The van der Waals surface area contributed by atoms with E-state index in [1.807, 2.05) is 12.1 Å². The van der Waals surface area contributed by atoms with E-state index in [4.69, 9.17) is 0 Å². The molecule has 110 valence electrons. The molecule has 1 aliphatic rings. The van der Waals surface area contributed by atoms with E-state index in [9.17, 15) is 4.79 Å². The SMILES string of the molecule is CCNCc1ccc(NC(=O)CC2CCCCC2)cc1. The zero-order valence-corrected chi connectivity index (χ0v) is 12.5. The summed E-state index contributed by atoms with van der Waals surface area (Å²) in [6.07, 6.45) is 7.03. The van der Waals surface area contributed by atoms with E-state index in [-0.39, 0.29) is 5.91 Å². The first-order chi connectivity index (χ1) is 9.78. The summed E-state index contributed by atoms with van der Waals surface area (Å²) in [5.74, 6) is 0.758. The summed E-state index contributed by atoms with van der Waals surface area (Å²) in [6.45, 7) is 3.95. The van der Waals surface area contributed by atoms with Crippen molar-refractivity contribution in [2.24, 2.45) is 5.92 Å². The van der Waals surface area contributed by atoms with Gasteiger partial charge in [-0.25, -0.2) is 0 Å². The van der Waals surface area contributed by atoms with Crippen LogP contribution >= 0.6 is 0 Å². The molecular weight excluding hydrogens is 248 g/mol. The van der Waals surface area contributed by atoms with Gasteiger partial charge in [-0.1, -0.05) is 38.3 Å². The van der Waals surface area contributed by atoms with E-state index in [0.29, 0.717) is 12.3 Å². The highest BCUT2D eigenvalue weighted by Gasteiger charge is 2.16. The van der Waals surface area contributed by atoms with E-state index in [1.54, 1.807) is 0 Å². The number of nitrogens with one attached hydrogen (secondary N) is 2. The van der Waals surface area contributed by atoms with E-state index < -0.39 is 0 Å². The lowest BCUT2D eigenvalue weighted by atomic mass is 9.87. The first-order valence-corrected chi connectivity index (χ1v) is 7.87. The van der Waals surface area contributed by atoms with Crippen LogP contribution < -0.4 is 10.6 Å². The van der Waals surface area contributed by atoms with Gasteiger partial charge in [-0.05, 0) is 43.0 Å². The maximum atomic E-state index is 12.0. The number of hydrogen-bond acceptors (Lipinski definition) is 2. The molecule has 1 saturated carbocycles. The minimum Gasteiger partial charge on any atom is -0.326 e. The zero-order chi connectivity index (χ0) is 14.2. The molecule has 0 heterocycles. The Morgan fingerprint density at radius 2 is 1.85 bits per heavy atom. The zero-order valence-electron chi connectivity index (χ0n) is 12.5. The fourth-order valence-electron chi connectivity index (χ4n) is 2.84. The largest absolute Gasteiger partial charge is 0.326 e. The van der Waals surface area contributed by atoms with Gasteiger partial charge in [0.15, 0.2) is 0 Å². The fraction of sp³-hybridized carbons (Fsp3) is 0.588. The van der Waals surface area contributed by atoms with Crippen LogP contribution in [0.1, 0.15) is 51.0 Å². The molecule has 0 bridgehead atoms. The second-order valence-corrected chi connectivity index (χ2v) is 5.73. The van der Waals surface area contributed by atoms with Crippen molar-refractivity contribution in [2.75, 3.05) is 11.9 Å². The number of anilines is 1. The molecule has 0 saturated heterocycles. The summed E-state index contributed by atoms with van der Waals surface area (Å²) in [6, 6.07) is 8.12. The van der Waals surface area contributed by atoms with Gasteiger partial charge in [0.2, 0.25) is 5.91 Å². The van der Waals surface area contributed by atoms with Gasteiger partial charge in [0.1, 0.15) is 0 Å². The molecule has 0 aromatic heterocycles. The number of hydrogen-bond donors (Lipinski definition) is 2. The molecule has 1 fully saturated rings. The molecule has 3 heteroatoms. The average molecular weight is 274 g/mol. The third-order valence-corrected chi connectivity index (χ3v) is 4.02. The van der Waals surface area contributed by atoms with Crippen LogP contribution in [0.5, 0.6) is 0 Å². The Bertz CT molecular complexity index is 408. The summed E-state index contributed by atoms with van der Waals surface area (Å²) < 4.78 is 0. The molecule has 0 spiro atoms. The van der Waals surface area contributed by atoms with Crippen molar-refractivity contribution < 1.29 is 4.79 Å². The molecule has 1 aliphatic carbocycles. The first kappa shape index (κ1) is 15.0. The first-order valence-electron chi connectivity index (χ1n) is 7.87. The van der Waals surface area contributed by atoms with Crippen molar-refractivity contribution in [3.63, 3.8) is 0 Å². The normalized spacial score (nSPS) is 16.1. The van der Waals surface area contributed by atoms with Crippen molar-refractivity contribution >= 4 is 11.6 Å². The minimum atomic E-state index is 0.163. The molecule has 0 atom stereocenters. The van der Waals surface area contributed by atoms with Gasteiger partial charge in [-0.2, -0.15) is 0 Å². The molecule has 0 unspecified atom stereocenters. The van der Waals surface area contributed by atoms with Gasteiger partial charge >= 0.3 is 0 Å². The Kier molecular flexibility index (Phi) is 6.06. The molecule has 1 amide bonds. The third-order valence-electron chi connectivity index (χ3n) is 4.02. The van der Waals surface area contributed by atoms with Crippen molar-refractivity contribution in [3.8, 4) is 0 Å². The molecule has 0 radical (unpaired) electrons. The summed E-state index contributed by atoms with van der Waals surface area (Å²) in [4.78, 5) is 12.0. The van der Waals surface area contributed by atoms with Crippen molar-refractivity contribution in [1.82, 2.24) is 5.32 Å². The Morgan fingerprint density at radius 1 is 1.15 bits per heavy atom. The van der Waals surface area contributed by atoms with Crippen LogP contribution in [0.15, 0.2) is 24.3 Å². The van der Waals surface area contributed by atoms with Gasteiger partial charge in [-0.15, -0.1) is 0 Å². The maximum absolute atomic E-state index is 12.0. The Hall–Kier alpha value is -1.35. The highest BCUT2D eigenvalue weighted by atomic mass is 16.1. The quantitative estimate of drug-likeness (QED) is 0.830. The van der Waals surface area contributed by atoms with E-state index in [1.165, 1.54) is 37.7 Å². The lowest BCUT2D eigenvalue weighted by Gasteiger charge is -2.20. The number of amides is 1. The van der Waals surface area contributed by atoms with Crippen LogP contribution in [-0.2, 0) is 11.3 Å². The van der Waals surface area contributed by atoms with Gasteiger partial charge in [0.25, 0.3) is 0 Å². The molecule has 1 aromatic carbocycles. The number of benzene rings is 1. The molecule has 2 N–H and O–H groups in total. The summed E-state index contributed by atoms with van der Waals surface area (Å²) in [5, 5.41) is 6.30. The van der Waals surface area contributed by atoms with E-state index >= 15 is 0 Å². The Labute approximate surface area is 122 Å². The summed E-state index contributed by atoms with van der Waals surface area (Å²) in [5.41, 5.74) is 2.16. The highest BCUT2D eigenvalue weighted by molar-refractivity contribution is 5.90. The lowest BCUT2D eigenvalue weighted by molar-refractivity contribution is -0.117. The summed E-state index contributed by atoms with van der Waals surface area (Å²) >= 11 is 0. The molecular formula is C17H26N2O. The van der Waals surface area contributed by atoms with E-state index in [2.05, 4.69) is 29.7 Å². The van der Waals surface area contributed by atoms with Crippen LogP contribution in [0.2, 0.25) is 0 Å². The van der Waals surface area contributed by atoms with Crippen LogP contribution in [-0.4, -0.2) is 12.5 Å². The van der Waals surface area contributed by atoms with Gasteiger partial charge in [-0.3, -0.25) is 4.79 Å². The van der Waals surface area contributed by atoms with Crippen molar-refractivity contribution in [2.45, 2.75) is 52.0 Å². The second-order valence-electron chi connectivity index (χ2n) is 5.73. The number of rotatable bonds is 6. The Balaban J connectivity index is 1.78. The van der Waals surface area contributed by atoms with Crippen LogP contribution in [0.3, 0.4) is 0 Å². The van der Waals surface area contributed by atoms with Crippen LogP contribution in [0.4, 0.5) is 5.69 Å². The monoisotopic (exact) mass is 274 g/mol. The fourth-order valence-corrected chi connectivity index (χ4v) is 2.84. The molecule has 0 aliphatic heterocycles. The van der Waals surface area contributed by atoms with Crippen molar-refractivity contribution in [1.29, 1.82) is 0 Å². The average Bonchev–Trinajstić information content (AvgIpc) is 2.47. The molecule has 20 heavy (non-hydrogen) atoms. The molecule has 2 rings (SSSR count).